The third-order valence-electron chi connectivity index (χ3n) is 3.26. The highest BCUT2D eigenvalue weighted by atomic mass is 16.3. The van der Waals surface area contributed by atoms with Gasteiger partial charge in [-0.05, 0) is 38.0 Å². The van der Waals surface area contributed by atoms with Crippen LogP contribution >= 0.6 is 0 Å². The van der Waals surface area contributed by atoms with Crippen molar-refractivity contribution in [1.29, 1.82) is 0 Å². The van der Waals surface area contributed by atoms with E-state index in [0.717, 1.165) is 5.56 Å². The standard InChI is InChI=1S/C13H18N2O2/c1-13(2)8-11(16)9-15(13)12(17)7-10-3-5-14-6-4-10/h3-6,11,16H,7-9H2,1-2H3. The van der Waals surface area contributed by atoms with Crippen LogP contribution in [0.5, 0.6) is 0 Å². The average molecular weight is 234 g/mol. The first-order chi connectivity index (χ1) is 7.99. The molecule has 2 heterocycles. The second-order valence-electron chi connectivity index (χ2n) is 5.21. The summed E-state index contributed by atoms with van der Waals surface area (Å²) in [6, 6.07) is 3.69. The number of aliphatic hydroxyl groups excluding tert-OH is 1. The number of carbonyl (C=O) groups is 1. The lowest BCUT2D eigenvalue weighted by atomic mass is 10.0. The fourth-order valence-corrected chi connectivity index (χ4v) is 2.42. The Hall–Kier alpha value is -1.42. The van der Waals surface area contributed by atoms with Crippen molar-refractivity contribution in [2.24, 2.45) is 0 Å². The molecule has 0 aromatic carbocycles. The van der Waals surface area contributed by atoms with E-state index < -0.39 is 6.10 Å². The van der Waals surface area contributed by atoms with E-state index in [9.17, 15) is 9.90 Å². The normalized spacial score (nSPS) is 22.8. The van der Waals surface area contributed by atoms with E-state index in [0.29, 0.717) is 19.4 Å². The van der Waals surface area contributed by atoms with Crippen LogP contribution in [0, 0.1) is 0 Å². The summed E-state index contributed by atoms with van der Waals surface area (Å²) in [5.41, 5.74) is 0.714. The Morgan fingerprint density at radius 2 is 2.18 bits per heavy atom. The highest BCUT2D eigenvalue weighted by Gasteiger charge is 2.39. The molecule has 1 aliphatic heterocycles. The summed E-state index contributed by atoms with van der Waals surface area (Å²) in [7, 11) is 0. The number of rotatable bonds is 2. The molecule has 92 valence electrons. The van der Waals surface area contributed by atoms with E-state index in [2.05, 4.69) is 4.98 Å². The van der Waals surface area contributed by atoms with Crippen molar-refractivity contribution in [3.63, 3.8) is 0 Å². The molecule has 0 spiro atoms. The van der Waals surface area contributed by atoms with Gasteiger partial charge in [-0.15, -0.1) is 0 Å². The maximum absolute atomic E-state index is 12.2. The van der Waals surface area contributed by atoms with Crippen LogP contribution in [0.15, 0.2) is 24.5 Å². The minimum Gasteiger partial charge on any atom is -0.391 e. The molecular weight excluding hydrogens is 216 g/mol. The SMILES string of the molecule is CC1(C)CC(O)CN1C(=O)Cc1ccncc1. The van der Waals surface area contributed by atoms with Crippen LogP contribution in [-0.4, -0.2) is 39.1 Å². The Balaban J connectivity index is 2.06. The monoisotopic (exact) mass is 234 g/mol. The summed E-state index contributed by atoms with van der Waals surface area (Å²) in [6.07, 6.45) is 4.00. The first kappa shape index (κ1) is 12.0. The van der Waals surface area contributed by atoms with Crippen LogP contribution in [0.3, 0.4) is 0 Å². The van der Waals surface area contributed by atoms with E-state index in [1.165, 1.54) is 0 Å². The van der Waals surface area contributed by atoms with Gasteiger partial charge in [0.25, 0.3) is 0 Å². The molecule has 2 rings (SSSR count). The van der Waals surface area contributed by atoms with E-state index in [4.69, 9.17) is 0 Å². The van der Waals surface area contributed by atoms with Crippen LogP contribution < -0.4 is 0 Å². The smallest absolute Gasteiger partial charge is 0.227 e. The van der Waals surface area contributed by atoms with Crippen LogP contribution in [0.25, 0.3) is 0 Å². The molecule has 0 radical (unpaired) electrons. The van der Waals surface area contributed by atoms with Gasteiger partial charge in [-0.25, -0.2) is 0 Å². The first-order valence-electron chi connectivity index (χ1n) is 5.86. The molecule has 1 unspecified atom stereocenters. The molecule has 1 atom stereocenters. The first-order valence-corrected chi connectivity index (χ1v) is 5.86. The number of hydrogen-bond acceptors (Lipinski definition) is 3. The predicted molar refractivity (Wildman–Crippen MR) is 64.4 cm³/mol. The zero-order chi connectivity index (χ0) is 12.5. The quantitative estimate of drug-likeness (QED) is 0.830. The van der Waals surface area contributed by atoms with E-state index in [-0.39, 0.29) is 11.4 Å². The highest BCUT2D eigenvalue weighted by Crippen LogP contribution is 2.29. The zero-order valence-electron chi connectivity index (χ0n) is 10.3. The van der Waals surface area contributed by atoms with Gasteiger partial charge in [0.15, 0.2) is 0 Å². The van der Waals surface area contributed by atoms with E-state index in [1.54, 1.807) is 17.3 Å². The van der Waals surface area contributed by atoms with Gasteiger partial charge in [0.05, 0.1) is 12.5 Å². The second-order valence-corrected chi connectivity index (χ2v) is 5.21. The molecule has 4 nitrogen and oxygen atoms in total. The minimum absolute atomic E-state index is 0.0674. The van der Waals surface area contributed by atoms with Gasteiger partial charge in [-0.2, -0.15) is 0 Å². The molecule has 1 N–H and O–H groups in total. The Kier molecular flexibility index (Phi) is 3.15. The molecular formula is C13H18N2O2. The highest BCUT2D eigenvalue weighted by molar-refractivity contribution is 5.79. The van der Waals surface area contributed by atoms with Crippen molar-refractivity contribution < 1.29 is 9.90 Å². The minimum atomic E-state index is -0.397. The summed E-state index contributed by atoms with van der Waals surface area (Å²) in [6.45, 7) is 4.43. The van der Waals surface area contributed by atoms with Gasteiger partial charge < -0.3 is 10.0 Å². The number of β-amino-alcohol motifs (C(OH)–C–C–N with tert-alkyl or cyclic N) is 1. The van der Waals surface area contributed by atoms with E-state index in [1.807, 2.05) is 26.0 Å². The summed E-state index contributed by atoms with van der Waals surface area (Å²) < 4.78 is 0. The van der Waals surface area contributed by atoms with Gasteiger partial charge in [0.2, 0.25) is 5.91 Å². The number of hydrogen-bond donors (Lipinski definition) is 1. The number of amides is 1. The molecule has 1 aromatic rings. The molecule has 1 aliphatic rings. The third kappa shape index (κ3) is 2.64. The maximum atomic E-state index is 12.2. The second kappa shape index (κ2) is 4.45. The van der Waals surface area contributed by atoms with Gasteiger partial charge in [-0.1, -0.05) is 0 Å². The molecule has 17 heavy (non-hydrogen) atoms. The lowest BCUT2D eigenvalue weighted by Gasteiger charge is -2.31. The van der Waals surface area contributed by atoms with Gasteiger partial charge in [-0.3, -0.25) is 9.78 Å². The molecule has 0 aliphatic carbocycles. The van der Waals surface area contributed by atoms with Crippen molar-refractivity contribution >= 4 is 5.91 Å². The van der Waals surface area contributed by atoms with Crippen molar-refractivity contribution in [2.45, 2.75) is 38.3 Å². The average Bonchev–Trinajstić information content (AvgIpc) is 2.53. The lowest BCUT2D eigenvalue weighted by Crippen LogP contribution is -2.43. The summed E-state index contributed by atoms with van der Waals surface area (Å²) >= 11 is 0. The molecule has 1 fully saturated rings. The Morgan fingerprint density at radius 1 is 1.53 bits per heavy atom. The van der Waals surface area contributed by atoms with Crippen LogP contribution in [0.1, 0.15) is 25.8 Å². The largest absolute Gasteiger partial charge is 0.391 e. The van der Waals surface area contributed by atoms with Crippen molar-refractivity contribution in [2.75, 3.05) is 6.54 Å². The fraction of sp³-hybridized carbons (Fsp3) is 0.538. The van der Waals surface area contributed by atoms with Gasteiger partial charge in [0, 0.05) is 24.5 Å². The van der Waals surface area contributed by atoms with Crippen LogP contribution in [0.4, 0.5) is 0 Å². The number of nitrogens with zero attached hydrogens (tertiary/aromatic N) is 2. The number of aliphatic hydroxyl groups is 1. The van der Waals surface area contributed by atoms with E-state index >= 15 is 0 Å². The van der Waals surface area contributed by atoms with Crippen molar-refractivity contribution in [3.8, 4) is 0 Å². The Bertz CT molecular complexity index is 403. The predicted octanol–water partition coefficient (Wildman–Crippen LogP) is 0.996. The molecule has 0 bridgehead atoms. The van der Waals surface area contributed by atoms with Crippen molar-refractivity contribution in [1.82, 2.24) is 9.88 Å². The van der Waals surface area contributed by atoms with Crippen LogP contribution in [-0.2, 0) is 11.2 Å². The lowest BCUT2D eigenvalue weighted by molar-refractivity contribution is -0.133. The van der Waals surface area contributed by atoms with Gasteiger partial charge in [0.1, 0.15) is 0 Å². The summed E-state index contributed by atoms with van der Waals surface area (Å²) in [4.78, 5) is 17.9. The summed E-state index contributed by atoms with van der Waals surface area (Å²) in [5.74, 6) is 0.0674. The zero-order valence-corrected chi connectivity index (χ0v) is 10.3. The van der Waals surface area contributed by atoms with Gasteiger partial charge >= 0.3 is 0 Å². The van der Waals surface area contributed by atoms with Crippen molar-refractivity contribution in [3.05, 3.63) is 30.1 Å². The molecule has 1 amide bonds. The number of aromatic nitrogens is 1. The maximum Gasteiger partial charge on any atom is 0.227 e. The fourth-order valence-electron chi connectivity index (χ4n) is 2.42. The molecule has 1 aromatic heterocycles. The molecule has 0 saturated carbocycles. The Labute approximate surface area is 101 Å². The topological polar surface area (TPSA) is 53.4 Å². The molecule has 4 heteroatoms. The number of carbonyl (C=O) groups excluding carboxylic acids is 1. The number of likely N-dealkylation sites (tertiary alicyclic amines) is 1. The Morgan fingerprint density at radius 3 is 2.71 bits per heavy atom. The number of pyridine rings is 1. The third-order valence-corrected chi connectivity index (χ3v) is 3.26. The molecule has 1 saturated heterocycles. The summed E-state index contributed by atoms with van der Waals surface area (Å²) in [5, 5.41) is 9.65. The van der Waals surface area contributed by atoms with Crippen LogP contribution in [0.2, 0.25) is 0 Å².